The minimum atomic E-state index is -3.07. The van der Waals surface area contributed by atoms with Crippen LogP contribution in [0.15, 0.2) is 0 Å². The molecule has 1 rings (SSSR count). The van der Waals surface area contributed by atoms with Crippen LogP contribution in [0, 0.1) is 5.92 Å². The van der Waals surface area contributed by atoms with Crippen LogP contribution in [0.1, 0.15) is 27.2 Å². The van der Waals surface area contributed by atoms with Crippen molar-refractivity contribution in [3.63, 3.8) is 0 Å². The third kappa shape index (κ3) is 4.03. The Balaban J connectivity index is 2.85. The van der Waals surface area contributed by atoms with Crippen molar-refractivity contribution in [2.75, 3.05) is 20.8 Å². The summed E-state index contributed by atoms with van der Waals surface area (Å²) in [5.74, 6) is -4.08. The predicted molar refractivity (Wildman–Crippen MR) is 91.1 cm³/mol. The molecule has 25 heavy (non-hydrogen) atoms. The molecule has 1 aliphatic rings. The number of alkyl halides is 1. The van der Waals surface area contributed by atoms with Gasteiger partial charge in [0.2, 0.25) is 5.91 Å². The van der Waals surface area contributed by atoms with Gasteiger partial charge in [0, 0.05) is 6.61 Å². The Hall–Kier alpha value is -1.48. The minimum Gasteiger partial charge on any atom is -0.466 e. The molecule has 144 valence electrons. The molecule has 0 aliphatic carbocycles. The molecule has 1 saturated heterocycles. The first-order valence-electron chi connectivity index (χ1n) is 8.13. The van der Waals surface area contributed by atoms with Gasteiger partial charge >= 0.3 is 17.6 Å². The predicted octanol–water partition coefficient (Wildman–Crippen LogP) is 1.57. The van der Waals surface area contributed by atoms with Crippen LogP contribution in [-0.2, 0) is 28.3 Å². The normalized spacial score (nSPS) is 21.2. The Morgan fingerprint density at radius 3 is 2.00 bits per heavy atom. The SMILES string of the molecule is COC(=O)C(F)(C(=O)OC)[C@H]1NC(=O)[C@H]1CCO[Si](C)(C)C(C)(C)C. The number of esters is 2. The molecule has 0 spiro atoms. The fourth-order valence-electron chi connectivity index (χ4n) is 2.38. The maximum absolute atomic E-state index is 15.1. The third-order valence-corrected chi connectivity index (χ3v) is 9.67. The van der Waals surface area contributed by atoms with Gasteiger partial charge in [0.05, 0.1) is 26.2 Å². The molecule has 0 aromatic rings. The van der Waals surface area contributed by atoms with E-state index in [2.05, 4.69) is 48.7 Å². The number of halogens is 1. The number of β-lactam (4-membered cyclic amide) rings is 1. The summed E-state index contributed by atoms with van der Waals surface area (Å²) in [6, 6.07) is -1.33. The largest absolute Gasteiger partial charge is 0.466 e. The average molecular weight is 377 g/mol. The van der Waals surface area contributed by atoms with Crippen molar-refractivity contribution in [2.24, 2.45) is 5.92 Å². The smallest absolute Gasteiger partial charge is 0.357 e. The monoisotopic (exact) mass is 377 g/mol. The highest BCUT2D eigenvalue weighted by Crippen LogP contribution is 2.38. The number of rotatable bonds is 7. The second-order valence-electron chi connectivity index (χ2n) is 7.69. The Bertz CT molecular complexity index is 529. The van der Waals surface area contributed by atoms with E-state index in [1.54, 1.807) is 0 Å². The van der Waals surface area contributed by atoms with Gasteiger partial charge in [0.1, 0.15) is 0 Å². The summed E-state index contributed by atoms with van der Waals surface area (Å²) in [5, 5.41) is 2.28. The Morgan fingerprint density at radius 1 is 1.16 bits per heavy atom. The van der Waals surface area contributed by atoms with E-state index in [9.17, 15) is 14.4 Å². The average Bonchev–Trinajstić information content (AvgIpc) is 2.52. The van der Waals surface area contributed by atoms with Crippen LogP contribution in [0.2, 0.25) is 18.1 Å². The van der Waals surface area contributed by atoms with E-state index in [0.29, 0.717) is 0 Å². The van der Waals surface area contributed by atoms with Crippen LogP contribution in [0.3, 0.4) is 0 Å². The summed E-state index contributed by atoms with van der Waals surface area (Å²) in [6.07, 6.45) is 0.197. The Labute approximate surface area is 148 Å². The molecule has 7 nitrogen and oxygen atoms in total. The zero-order valence-electron chi connectivity index (χ0n) is 15.9. The maximum atomic E-state index is 15.1. The van der Waals surface area contributed by atoms with E-state index in [1.165, 1.54) is 0 Å². The topological polar surface area (TPSA) is 90.9 Å². The molecular weight excluding hydrogens is 349 g/mol. The third-order valence-electron chi connectivity index (χ3n) is 5.13. The summed E-state index contributed by atoms with van der Waals surface area (Å²) >= 11 is 0. The van der Waals surface area contributed by atoms with Gasteiger partial charge in [-0.3, -0.25) is 4.79 Å². The Kier molecular flexibility index (Phi) is 6.39. The summed E-state index contributed by atoms with van der Waals surface area (Å²) in [6.45, 7) is 10.6. The van der Waals surface area contributed by atoms with Crippen molar-refractivity contribution < 1.29 is 32.7 Å². The number of ether oxygens (including phenoxy) is 2. The van der Waals surface area contributed by atoms with Crippen LogP contribution in [0.4, 0.5) is 4.39 Å². The molecule has 0 bridgehead atoms. The van der Waals surface area contributed by atoms with Crippen LogP contribution in [0.25, 0.3) is 0 Å². The first-order chi connectivity index (χ1) is 11.3. The Morgan fingerprint density at radius 2 is 1.64 bits per heavy atom. The van der Waals surface area contributed by atoms with Crippen LogP contribution >= 0.6 is 0 Å². The van der Waals surface area contributed by atoms with Gasteiger partial charge in [-0.25, -0.2) is 14.0 Å². The molecule has 1 heterocycles. The highest BCUT2D eigenvalue weighted by atomic mass is 28.4. The van der Waals surface area contributed by atoms with E-state index in [-0.39, 0.29) is 18.1 Å². The van der Waals surface area contributed by atoms with Crippen molar-refractivity contribution >= 4 is 26.2 Å². The first-order valence-corrected chi connectivity index (χ1v) is 11.0. The second-order valence-corrected chi connectivity index (χ2v) is 12.5. The summed E-state index contributed by atoms with van der Waals surface area (Å²) in [7, 11) is -0.0806. The lowest BCUT2D eigenvalue weighted by Gasteiger charge is -2.43. The number of hydrogen-bond donors (Lipinski definition) is 1. The van der Waals surface area contributed by atoms with E-state index in [1.807, 2.05) is 0 Å². The number of amides is 1. The lowest BCUT2D eigenvalue weighted by atomic mass is 9.77. The van der Waals surface area contributed by atoms with Crippen molar-refractivity contribution in [3.8, 4) is 0 Å². The highest BCUT2D eigenvalue weighted by Gasteiger charge is 2.64. The summed E-state index contributed by atoms with van der Waals surface area (Å²) in [5.41, 5.74) is -3.07. The quantitative estimate of drug-likeness (QED) is 0.313. The first kappa shape index (κ1) is 21.6. The fraction of sp³-hybridized carbons (Fsp3) is 0.812. The lowest BCUT2D eigenvalue weighted by molar-refractivity contribution is -0.180. The maximum Gasteiger partial charge on any atom is 0.357 e. The molecule has 0 aromatic carbocycles. The zero-order chi connectivity index (χ0) is 19.6. The van der Waals surface area contributed by atoms with E-state index in [4.69, 9.17) is 4.43 Å². The minimum absolute atomic E-state index is 0.00381. The highest BCUT2D eigenvalue weighted by molar-refractivity contribution is 6.74. The molecule has 1 N–H and O–H groups in total. The molecule has 0 saturated carbocycles. The van der Waals surface area contributed by atoms with Gasteiger partial charge in [0.15, 0.2) is 8.32 Å². The van der Waals surface area contributed by atoms with E-state index >= 15 is 4.39 Å². The van der Waals surface area contributed by atoms with Gasteiger partial charge in [-0.1, -0.05) is 20.8 Å². The number of carbonyl (C=O) groups excluding carboxylic acids is 3. The summed E-state index contributed by atoms with van der Waals surface area (Å²) < 4.78 is 29.9. The molecule has 2 atom stereocenters. The van der Waals surface area contributed by atoms with Crippen molar-refractivity contribution in [2.45, 2.75) is 57.0 Å². The van der Waals surface area contributed by atoms with Gasteiger partial charge in [-0.05, 0) is 24.6 Å². The molecule has 9 heteroatoms. The van der Waals surface area contributed by atoms with Gasteiger partial charge in [-0.2, -0.15) is 0 Å². The number of nitrogens with one attached hydrogen (secondary N) is 1. The van der Waals surface area contributed by atoms with Gasteiger partial charge < -0.3 is 19.2 Å². The lowest BCUT2D eigenvalue weighted by Crippen LogP contribution is -2.72. The van der Waals surface area contributed by atoms with Crippen molar-refractivity contribution in [1.29, 1.82) is 0 Å². The molecule has 0 aromatic heterocycles. The molecule has 1 aliphatic heterocycles. The van der Waals surface area contributed by atoms with Crippen molar-refractivity contribution in [3.05, 3.63) is 0 Å². The van der Waals surface area contributed by atoms with Crippen molar-refractivity contribution in [1.82, 2.24) is 5.32 Å². The fourth-order valence-corrected chi connectivity index (χ4v) is 3.44. The second kappa shape index (κ2) is 7.41. The zero-order valence-corrected chi connectivity index (χ0v) is 16.9. The molecule has 1 amide bonds. The van der Waals surface area contributed by atoms with E-state index in [0.717, 1.165) is 14.2 Å². The van der Waals surface area contributed by atoms with E-state index < -0.39 is 43.8 Å². The van der Waals surface area contributed by atoms with Gasteiger partial charge in [0.25, 0.3) is 0 Å². The molecular formula is C16H28FNO6Si. The van der Waals surface area contributed by atoms with Crippen LogP contribution < -0.4 is 5.32 Å². The molecule has 1 fully saturated rings. The number of hydrogen-bond acceptors (Lipinski definition) is 6. The molecule has 0 unspecified atom stereocenters. The van der Waals surface area contributed by atoms with Crippen LogP contribution in [0.5, 0.6) is 0 Å². The standard InChI is InChI=1S/C16H28FNO6Si/c1-15(2,3)25(6,7)24-9-8-10-11(18-12(10)19)16(17,13(20)22-4)14(21)23-5/h10-11H,8-9H2,1-7H3,(H,18,19)/t10-,11-/m0/s1. The van der Waals surface area contributed by atoms with Crippen LogP contribution in [-0.4, -0.2) is 58.7 Å². The number of methoxy groups -OCH3 is 2. The summed E-state index contributed by atoms with van der Waals surface area (Å²) in [4.78, 5) is 35.5. The van der Waals surface area contributed by atoms with Gasteiger partial charge in [-0.15, -0.1) is 0 Å². The molecule has 0 radical (unpaired) electrons. The number of carbonyl (C=O) groups is 3.